The summed E-state index contributed by atoms with van der Waals surface area (Å²) in [6.07, 6.45) is 6.09. The number of allylic oxidation sites excluding steroid dienone is 5. The van der Waals surface area contributed by atoms with Crippen molar-refractivity contribution >= 4 is 11.3 Å². The zero-order valence-electron chi connectivity index (χ0n) is 11.9. The smallest absolute Gasteiger partial charge is 0.0662 e. The van der Waals surface area contributed by atoms with Crippen LogP contribution in [0.3, 0.4) is 0 Å². The zero-order chi connectivity index (χ0) is 13.7. The molecule has 0 unspecified atom stereocenters. The summed E-state index contributed by atoms with van der Waals surface area (Å²) in [5.41, 5.74) is 12.1. The van der Waals surface area contributed by atoms with Gasteiger partial charge in [0.25, 0.3) is 0 Å². The van der Waals surface area contributed by atoms with E-state index in [1.807, 2.05) is 52.0 Å². The van der Waals surface area contributed by atoms with Gasteiger partial charge < -0.3 is 5.73 Å². The van der Waals surface area contributed by atoms with Crippen LogP contribution in [0.15, 0.2) is 35.9 Å². The number of hydrogen-bond donors (Lipinski definition) is 1. The molecular formula is C16H22N2. The van der Waals surface area contributed by atoms with Crippen LogP contribution in [0.1, 0.15) is 44.6 Å². The van der Waals surface area contributed by atoms with Crippen LogP contribution in [-0.4, -0.2) is 4.98 Å². The maximum atomic E-state index is 6.06. The highest BCUT2D eigenvalue weighted by Gasteiger charge is 2.06. The van der Waals surface area contributed by atoms with E-state index in [-0.39, 0.29) is 0 Å². The molecule has 0 saturated carbocycles. The second kappa shape index (κ2) is 6.20. The Kier molecular flexibility index (Phi) is 4.90. The largest absolute Gasteiger partial charge is 0.398 e. The maximum Gasteiger partial charge on any atom is 0.0662 e. The first-order chi connectivity index (χ1) is 8.47. The molecule has 0 atom stereocenters. The van der Waals surface area contributed by atoms with Crippen molar-refractivity contribution in [3.05, 3.63) is 52.9 Å². The molecule has 0 radical (unpaired) electrons. The third-order valence-corrected chi connectivity index (χ3v) is 2.86. The van der Waals surface area contributed by atoms with E-state index in [9.17, 15) is 0 Å². The molecule has 2 N–H and O–H groups in total. The molecule has 0 spiro atoms. The SMILES string of the molecule is C/C=C\C=C(/C)c1ccc(C(N)=C(C)C)c(C)n1. The summed E-state index contributed by atoms with van der Waals surface area (Å²) in [4.78, 5) is 4.61. The van der Waals surface area contributed by atoms with Crippen LogP contribution in [0.5, 0.6) is 0 Å². The van der Waals surface area contributed by atoms with E-state index in [0.29, 0.717) is 0 Å². The summed E-state index contributed by atoms with van der Waals surface area (Å²) in [5, 5.41) is 0. The van der Waals surface area contributed by atoms with Gasteiger partial charge in [0.1, 0.15) is 0 Å². The Morgan fingerprint density at radius 2 is 1.89 bits per heavy atom. The second-order valence-corrected chi connectivity index (χ2v) is 4.62. The molecule has 0 aromatic carbocycles. The van der Waals surface area contributed by atoms with Crippen LogP contribution in [0.4, 0.5) is 0 Å². The lowest BCUT2D eigenvalue weighted by Crippen LogP contribution is -2.03. The van der Waals surface area contributed by atoms with Gasteiger partial charge in [0.2, 0.25) is 0 Å². The fraction of sp³-hybridized carbons (Fsp3) is 0.312. The monoisotopic (exact) mass is 242 g/mol. The fourth-order valence-electron chi connectivity index (χ4n) is 1.66. The van der Waals surface area contributed by atoms with Crippen LogP contribution >= 0.6 is 0 Å². The summed E-state index contributed by atoms with van der Waals surface area (Å²) < 4.78 is 0. The first-order valence-corrected chi connectivity index (χ1v) is 6.18. The molecule has 1 aromatic rings. The molecule has 0 bridgehead atoms. The summed E-state index contributed by atoms with van der Waals surface area (Å²) in [7, 11) is 0. The van der Waals surface area contributed by atoms with Gasteiger partial charge in [-0.15, -0.1) is 0 Å². The van der Waals surface area contributed by atoms with Crippen molar-refractivity contribution in [2.24, 2.45) is 5.73 Å². The predicted molar refractivity (Wildman–Crippen MR) is 79.9 cm³/mol. The first-order valence-electron chi connectivity index (χ1n) is 6.18. The number of nitrogens with zero attached hydrogens (tertiary/aromatic N) is 1. The highest BCUT2D eigenvalue weighted by molar-refractivity contribution is 5.69. The van der Waals surface area contributed by atoms with Crippen molar-refractivity contribution in [3.8, 4) is 0 Å². The highest BCUT2D eigenvalue weighted by Crippen LogP contribution is 2.19. The van der Waals surface area contributed by atoms with Crippen molar-refractivity contribution in [2.75, 3.05) is 0 Å². The maximum absolute atomic E-state index is 6.06. The molecule has 1 rings (SSSR count). The lowest BCUT2D eigenvalue weighted by Gasteiger charge is -2.09. The van der Waals surface area contributed by atoms with Gasteiger partial charge in [-0.25, -0.2) is 0 Å². The van der Waals surface area contributed by atoms with Gasteiger partial charge >= 0.3 is 0 Å². The van der Waals surface area contributed by atoms with Crippen LogP contribution in [0.25, 0.3) is 11.3 Å². The Bertz CT molecular complexity index is 516. The third kappa shape index (κ3) is 3.33. The Labute approximate surface area is 110 Å². The van der Waals surface area contributed by atoms with E-state index in [1.54, 1.807) is 0 Å². The Hall–Kier alpha value is -1.83. The predicted octanol–water partition coefficient (Wildman–Crippen LogP) is 4.08. The molecule has 18 heavy (non-hydrogen) atoms. The third-order valence-electron chi connectivity index (χ3n) is 2.86. The van der Waals surface area contributed by atoms with Crippen molar-refractivity contribution < 1.29 is 0 Å². The Morgan fingerprint density at radius 3 is 2.39 bits per heavy atom. The average molecular weight is 242 g/mol. The van der Waals surface area contributed by atoms with Crippen LogP contribution < -0.4 is 5.73 Å². The quantitative estimate of drug-likeness (QED) is 0.811. The molecule has 0 aliphatic carbocycles. The summed E-state index contributed by atoms with van der Waals surface area (Å²) in [6.45, 7) is 10.1. The molecule has 0 amide bonds. The van der Waals surface area contributed by atoms with Crippen molar-refractivity contribution in [3.63, 3.8) is 0 Å². The normalized spacial score (nSPS) is 11.9. The lowest BCUT2D eigenvalue weighted by molar-refractivity contribution is 1.14. The van der Waals surface area contributed by atoms with E-state index >= 15 is 0 Å². The van der Waals surface area contributed by atoms with Gasteiger partial charge in [-0.3, -0.25) is 4.98 Å². The Balaban J connectivity index is 3.19. The van der Waals surface area contributed by atoms with E-state index in [0.717, 1.165) is 33.8 Å². The molecule has 0 aliphatic heterocycles. The minimum Gasteiger partial charge on any atom is -0.398 e. The van der Waals surface area contributed by atoms with E-state index in [2.05, 4.69) is 18.0 Å². The molecule has 2 heteroatoms. The average Bonchev–Trinajstić information content (AvgIpc) is 2.34. The van der Waals surface area contributed by atoms with Crippen LogP contribution in [-0.2, 0) is 0 Å². The number of nitrogens with two attached hydrogens (primary N) is 1. The zero-order valence-corrected chi connectivity index (χ0v) is 11.9. The number of rotatable bonds is 3. The molecule has 1 aromatic heterocycles. The molecule has 0 aliphatic rings. The van der Waals surface area contributed by atoms with Crippen molar-refractivity contribution in [1.82, 2.24) is 4.98 Å². The van der Waals surface area contributed by atoms with Gasteiger partial charge in [-0.05, 0) is 52.3 Å². The minimum atomic E-state index is 0.821. The summed E-state index contributed by atoms with van der Waals surface area (Å²) >= 11 is 0. The van der Waals surface area contributed by atoms with Gasteiger partial charge in [-0.1, -0.05) is 23.8 Å². The van der Waals surface area contributed by atoms with E-state index in [1.165, 1.54) is 0 Å². The number of aryl methyl sites for hydroxylation is 1. The molecule has 1 heterocycles. The molecule has 96 valence electrons. The molecular weight excluding hydrogens is 220 g/mol. The summed E-state index contributed by atoms with van der Waals surface area (Å²) in [5.74, 6) is 0. The lowest BCUT2D eigenvalue weighted by atomic mass is 10.1. The number of pyridine rings is 1. The summed E-state index contributed by atoms with van der Waals surface area (Å²) in [6, 6.07) is 4.07. The molecule has 2 nitrogen and oxygen atoms in total. The number of aromatic nitrogens is 1. The second-order valence-electron chi connectivity index (χ2n) is 4.62. The molecule has 0 saturated heterocycles. The highest BCUT2D eigenvalue weighted by atomic mass is 14.7. The van der Waals surface area contributed by atoms with Crippen LogP contribution in [0.2, 0.25) is 0 Å². The van der Waals surface area contributed by atoms with Crippen molar-refractivity contribution in [1.29, 1.82) is 0 Å². The van der Waals surface area contributed by atoms with Crippen LogP contribution in [0, 0.1) is 6.92 Å². The Morgan fingerprint density at radius 1 is 1.22 bits per heavy atom. The molecule has 0 fully saturated rings. The van der Waals surface area contributed by atoms with Gasteiger partial charge in [-0.2, -0.15) is 0 Å². The van der Waals surface area contributed by atoms with E-state index in [4.69, 9.17) is 5.73 Å². The van der Waals surface area contributed by atoms with E-state index < -0.39 is 0 Å². The first kappa shape index (κ1) is 14.2. The topological polar surface area (TPSA) is 38.9 Å². The van der Waals surface area contributed by atoms with Crippen molar-refractivity contribution in [2.45, 2.75) is 34.6 Å². The van der Waals surface area contributed by atoms with Gasteiger partial charge in [0.05, 0.1) is 5.69 Å². The van der Waals surface area contributed by atoms with Gasteiger partial charge in [0.15, 0.2) is 0 Å². The number of hydrogen-bond acceptors (Lipinski definition) is 2. The van der Waals surface area contributed by atoms with Gasteiger partial charge in [0, 0.05) is 17.0 Å². The fourth-order valence-corrected chi connectivity index (χ4v) is 1.66. The minimum absolute atomic E-state index is 0.821. The standard InChI is InChI=1S/C16H22N2/c1-6-7-8-12(4)15-10-9-14(13(5)18-15)16(17)11(2)3/h6-10H,17H2,1-5H3/b7-6-,12-8+.